The van der Waals surface area contributed by atoms with Gasteiger partial charge in [0.2, 0.25) is 0 Å². The minimum Gasteiger partial charge on any atom is -0.310 e. The zero-order chi connectivity index (χ0) is 26.2. The number of para-hydroxylation sites is 2. The van der Waals surface area contributed by atoms with Crippen molar-refractivity contribution in [1.82, 2.24) is 4.57 Å². The van der Waals surface area contributed by atoms with Gasteiger partial charge in [-0.2, -0.15) is 0 Å². The van der Waals surface area contributed by atoms with Crippen molar-refractivity contribution in [3.8, 4) is 16.8 Å². The second-order valence-corrected chi connectivity index (χ2v) is 9.73. The summed E-state index contributed by atoms with van der Waals surface area (Å²) in [7, 11) is 6.29. The summed E-state index contributed by atoms with van der Waals surface area (Å²) in [4.78, 5) is 2.31. The maximum absolute atomic E-state index is 6.29. The van der Waals surface area contributed by atoms with Crippen molar-refractivity contribution >= 4 is 52.2 Å². The maximum atomic E-state index is 6.29. The first kappa shape index (κ1) is 23.1. The monoisotopic (exact) mass is 496 g/mol. The fourth-order valence-electron chi connectivity index (χ4n) is 5.48. The first-order valence-corrected chi connectivity index (χ1v) is 13.2. The summed E-state index contributed by atoms with van der Waals surface area (Å²) in [5.74, 6) is 0. The van der Waals surface area contributed by atoms with Crippen molar-refractivity contribution in [3.63, 3.8) is 0 Å². The summed E-state index contributed by atoms with van der Waals surface area (Å²) >= 11 is 0. The highest BCUT2D eigenvalue weighted by Crippen LogP contribution is 2.39. The standard InChI is InChI=1S/C36H25BN2/c37-28-18-22-35-33(24-28)34-25-32(21-23-36(34)39(35)30-14-8-3-9-15-30)38(29-12-6-2-7-13-29)31-19-16-27(17-20-31)26-10-4-1-5-11-26/h1-25H. The molecule has 0 bridgehead atoms. The van der Waals surface area contributed by atoms with Crippen LogP contribution in [0.3, 0.4) is 0 Å². The first-order chi connectivity index (χ1) is 19.3. The van der Waals surface area contributed by atoms with E-state index in [1.807, 2.05) is 18.2 Å². The molecule has 0 atom stereocenters. The lowest BCUT2D eigenvalue weighted by atomic mass is 9.94. The Morgan fingerprint density at radius 1 is 0.436 bits per heavy atom. The molecular weight excluding hydrogens is 471 g/mol. The van der Waals surface area contributed by atoms with Gasteiger partial charge in [-0.05, 0) is 71.8 Å². The molecule has 6 aromatic carbocycles. The Kier molecular flexibility index (Phi) is 5.75. The van der Waals surface area contributed by atoms with Crippen LogP contribution in [0.4, 0.5) is 17.1 Å². The molecular formula is C36H25BN2. The molecule has 0 N–H and O–H groups in total. The molecule has 0 aliphatic rings. The Hall–Kier alpha value is -5.02. The summed E-state index contributed by atoms with van der Waals surface area (Å²) < 4.78 is 2.31. The van der Waals surface area contributed by atoms with Gasteiger partial charge in [-0.3, -0.25) is 0 Å². The van der Waals surface area contributed by atoms with Crippen LogP contribution in [0.5, 0.6) is 0 Å². The average molecular weight is 496 g/mol. The molecule has 0 saturated carbocycles. The molecule has 0 aliphatic carbocycles. The molecule has 7 aromatic rings. The maximum Gasteiger partial charge on any atom is 0.113 e. The van der Waals surface area contributed by atoms with E-state index in [2.05, 4.69) is 143 Å². The smallest absolute Gasteiger partial charge is 0.113 e. The molecule has 7 rings (SSSR count). The van der Waals surface area contributed by atoms with E-state index < -0.39 is 0 Å². The predicted molar refractivity (Wildman–Crippen MR) is 166 cm³/mol. The Bertz CT molecular complexity index is 1890. The van der Waals surface area contributed by atoms with E-state index >= 15 is 0 Å². The Balaban J connectivity index is 1.42. The number of hydrogen-bond acceptors (Lipinski definition) is 1. The van der Waals surface area contributed by atoms with Crippen LogP contribution in [0.2, 0.25) is 0 Å². The average Bonchev–Trinajstić information content (AvgIpc) is 3.32. The molecule has 2 nitrogen and oxygen atoms in total. The lowest BCUT2D eigenvalue weighted by molar-refractivity contribution is 1.18. The third-order valence-corrected chi connectivity index (χ3v) is 7.29. The quantitative estimate of drug-likeness (QED) is 0.216. The topological polar surface area (TPSA) is 8.17 Å². The first-order valence-electron chi connectivity index (χ1n) is 13.2. The summed E-state index contributed by atoms with van der Waals surface area (Å²) in [5.41, 5.74) is 9.90. The molecule has 0 unspecified atom stereocenters. The van der Waals surface area contributed by atoms with Gasteiger partial charge in [0, 0.05) is 33.5 Å². The van der Waals surface area contributed by atoms with E-state index in [1.54, 1.807) is 0 Å². The second-order valence-electron chi connectivity index (χ2n) is 9.73. The zero-order valence-corrected chi connectivity index (χ0v) is 21.4. The lowest BCUT2D eigenvalue weighted by Crippen LogP contribution is -2.09. The summed E-state index contributed by atoms with van der Waals surface area (Å²) in [5, 5.41) is 2.31. The van der Waals surface area contributed by atoms with Gasteiger partial charge < -0.3 is 9.47 Å². The Morgan fingerprint density at radius 3 is 1.64 bits per heavy atom. The normalized spacial score (nSPS) is 11.2. The number of benzene rings is 6. The van der Waals surface area contributed by atoms with Crippen molar-refractivity contribution in [2.75, 3.05) is 4.90 Å². The van der Waals surface area contributed by atoms with E-state index in [-0.39, 0.29) is 0 Å². The van der Waals surface area contributed by atoms with E-state index in [0.717, 1.165) is 44.6 Å². The van der Waals surface area contributed by atoms with E-state index in [1.165, 1.54) is 16.5 Å². The highest BCUT2D eigenvalue weighted by molar-refractivity contribution is 6.34. The van der Waals surface area contributed by atoms with Crippen LogP contribution in [0.15, 0.2) is 152 Å². The van der Waals surface area contributed by atoms with Crippen molar-refractivity contribution in [1.29, 1.82) is 0 Å². The van der Waals surface area contributed by atoms with Crippen LogP contribution in [0, 0.1) is 0 Å². The van der Waals surface area contributed by atoms with Crippen LogP contribution < -0.4 is 10.4 Å². The SMILES string of the molecule is [B]c1ccc2c(c1)c1cc(N(c3ccccc3)c3ccc(-c4ccccc4)cc3)ccc1n2-c1ccccc1. The van der Waals surface area contributed by atoms with Gasteiger partial charge >= 0.3 is 0 Å². The van der Waals surface area contributed by atoms with Crippen LogP contribution in [0.1, 0.15) is 0 Å². The van der Waals surface area contributed by atoms with Gasteiger partial charge in [0.1, 0.15) is 7.85 Å². The van der Waals surface area contributed by atoms with Crippen LogP contribution in [-0.2, 0) is 0 Å². The minimum atomic E-state index is 0.761. The zero-order valence-electron chi connectivity index (χ0n) is 21.4. The number of aromatic nitrogens is 1. The Labute approximate surface area is 229 Å². The van der Waals surface area contributed by atoms with Gasteiger partial charge in [-0.15, -0.1) is 0 Å². The lowest BCUT2D eigenvalue weighted by Gasteiger charge is -2.26. The van der Waals surface area contributed by atoms with Crippen molar-refractivity contribution in [2.24, 2.45) is 0 Å². The van der Waals surface area contributed by atoms with Crippen molar-refractivity contribution in [2.45, 2.75) is 0 Å². The molecule has 2 radical (unpaired) electrons. The molecule has 39 heavy (non-hydrogen) atoms. The predicted octanol–water partition coefficient (Wildman–Crippen LogP) is 8.71. The number of nitrogens with zero attached hydrogens (tertiary/aromatic N) is 2. The number of hydrogen-bond donors (Lipinski definition) is 0. The Morgan fingerprint density at radius 2 is 0.949 bits per heavy atom. The second kappa shape index (κ2) is 9.70. The van der Waals surface area contributed by atoms with Crippen LogP contribution >= 0.6 is 0 Å². The number of fused-ring (bicyclic) bond motifs is 3. The molecule has 3 heteroatoms. The third-order valence-electron chi connectivity index (χ3n) is 7.29. The van der Waals surface area contributed by atoms with Crippen molar-refractivity contribution < 1.29 is 0 Å². The van der Waals surface area contributed by atoms with Crippen molar-refractivity contribution in [3.05, 3.63) is 152 Å². The highest BCUT2D eigenvalue weighted by atomic mass is 15.1. The molecule has 182 valence electrons. The van der Waals surface area contributed by atoms with Gasteiger partial charge in [-0.1, -0.05) is 96.5 Å². The summed E-state index contributed by atoms with van der Waals surface area (Å²) in [6, 6.07) is 53.2. The molecule has 0 fully saturated rings. The summed E-state index contributed by atoms with van der Waals surface area (Å²) in [6.07, 6.45) is 0. The summed E-state index contributed by atoms with van der Waals surface area (Å²) in [6.45, 7) is 0. The molecule has 1 aromatic heterocycles. The van der Waals surface area contributed by atoms with Gasteiger partial charge in [0.05, 0.1) is 11.0 Å². The third kappa shape index (κ3) is 4.19. The van der Waals surface area contributed by atoms with E-state index in [0.29, 0.717) is 0 Å². The van der Waals surface area contributed by atoms with Gasteiger partial charge in [0.25, 0.3) is 0 Å². The van der Waals surface area contributed by atoms with E-state index in [4.69, 9.17) is 7.85 Å². The highest BCUT2D eigenvalue weighted by Gasteiger charge is 2.17. The van der Waals surface area contributed by atoms with Gasteiger partial charge in [0.15, 0.2) is 0 Å². The largest absolute Gasteiger partial charge is 0.310 e. The van der Waals surface area contributed by atoms with Gasteiger partial charge in [-0.25, -0.2) is 0 Å². The number of rotatable bonds is 5. The van der Waals surface area contributed by atoms with E-state index in [9.17, 15) is 0 Å². The molecule has 1 heterocycles. The molecule has 0 spiro atoms. The van der Waals surface area contributed by atoms with Crippen LogP contribution in [-0.4, -0.2) is 12.4 Å². The molecule has 0 saturated heterocycles. The minimum absolute atomic E-state index is 0.761. The fraction of sp³-hybridized carbons (Fsp3) is 0. The van der Waals surface area contributed by atoms with Crippen LogP contribution in [0.25, 0.3) is 38.6 Å². The number of anilines is 3. The molecule has 0 aliphatic heterocycles. The fourth-order valence-corrected chi connectivity index (χ4v) is 5.48. The molecule has 0 amide bonds.